The van der Waals surface area contributed by atoms with Gasteiger partial charge in [0.2, 0.25) is 0 Å². The molecule has 0 saturated carbocycles. The Bertz CT molecular complexity index is 202. The Morgan fingerprint density at radius 3 is 1.50 bits per heavy atom. The normalized spacial score (nSPS) is 26.3. The highest BCUT2D eigenvalue weighted by Gasteiger charge is 1.83. The first-order valence-electron chi connectivity index (χ1n) is 5.62. The molecule has 0 heteroatoms. The summed E-state index contributed by atoms with van der Waals surface area (Å²) in [6.07, 6.45) is 25.0. The van der Waals surface area contributed by atoms with Crippen LogP contribution < -0.4 is 0 Å². The van der Waals surface area contributed by atoms with Crippen LogP contribution >= 0.6 is 0 Å². The fourth-order valence-electron chi connectivity index (χ4n) is 1.42. The molecular weight excluding hydrogens is 168 g/mol. The van der Waals surface area contributed by atoms with Crippen LogP contribution in [0.5, 0.6) is 0 Å². The van der Waals surface area contributed by atoms with Crippen molar-refractivity contribution in [2.45, 2.75) is 38.5 Å². The van der Waals surface area contributed by atoms with Gasteiger partial charge in [0.05, 0.1) is 0 Å². The van der Waals surface area contributed by atoms with Crippen LogP contribution in [0.4, 0.5) is 0 Å². The van der Waals surface area contributed by atoms with Crippen molar-refractivity contribution >= 4 is 0 Å². The van der Waals surface area contributed by atoms with Crippen LogP contribution in [0.25, 0.3) is 0 Å². The minimum Gasteiger partial charge on any atom is -0.0882 e. The monoisotopic (exact) mass is 188 g/mol. The molecule has 1 aliphatic rings. The van der Waals surface area contributed by atoms with Gasteiger partial charge < -0.3 is 0 Å². The molecule has 1 aliphatic carbocycles. The van der Waals surface area contributed by atoms with E-state index >= 15 is 0 Å². The van der Waals surface area contributed by atoms with Crippen LogP contribution in [0.2, 0.25) is 0 Å². The summed E-state index contributed by atoms with van der Waals surface area (Å²) in [5, 5.41) is 0. The van der Waals surface area contributed by atoms with Crippen molar-refractivity contribution in [2.75, 3.05) is 0 Å². The predicted molar refractivity (Wildman–Crippen MR) is 64.3 cm³/mol. The van der Waals surface area contributed by atoms with Crippen molar-refractivity contribution in [3.8, 4) is 0 Å². The Kier molecular flexibility index (Phi) is 6.74. The zero-order chi connectivity index (χ0) is 9.90. The van der Waals surface area contributed by atoms with E-state index in [9.17, 15) is 0 Å². The first-order valence-corrected chi connectivity index (χ1v) is 5.62. The lowest BCUT2D eigenvalue weighted by molar-refractivity contribution is 0.760. The van der Waals surface area contributed by atoms with Crippen molar-refractivity contribution in [1.29, 1.82) is 0 Å². The van der Waals surface area contributed by atoms with Gasteiger partial charge in [-0.15, -0.1) is 0 Å². The third-order valence-corrected chi connectivity index (χ3v) is 2.25. The van der Waals surface area contributed by atoms with E-state index in [1.54, 1.807) is 0 Å². The van der Waals surface area contributed by atoms with Crippen LogP contribution in [-0.2, 0) is 0 Å². The van der Waals surface area contributed by atoms with Gasteiger partial charge in [-0.2, -0.15) is 0 Å². The molecule has 0 amide bonds. The molecule has 0 radical (unpaired) electrons. The summed E-state index contributed by atoms with van der Waals surface area (Å²) >= 11 is 0. The van der Waals surface area contributed by atoms with Gasteiger partial charge in [-0.25, -0.2) is 0 Å². The molecule has 0 aliphatic heterocycles. The van der Waals surface area contributed by atoms with Crippen LogP contribution in [-0.4, -0.2) is 0 Å². The van der Waals surface area contributed by atoms with E-state index in [-0.39, 0.29) is 0 Å². The highest BCUT2D eigenvalue weighted by molar-refractivity contribution is 5.06. The zero-order valence-electron chi connectivity index (χ0n) is 8.86. The van der Waals surface area contributed by atoms with Gasteiger partial charge in [0, 0.05) is 0 Å². The smallest absolute Gasteiger partial charge is 0.0166 e. The summed E-state index contributed by atoms with van der Waals surface area (Å²) < 4.78 is 0. The van der Waals surface area contributed by atoms with Gasteiger partial charge in [0.1, 0.15) is 0 Å². The summed E-state index contributed by atoms with van der Waals surface area (Å²) in [5.41, 5.74) is 0. The Balaban J connectivity index is 2.35. The van der Waals surface area contributed by atoms with Crippen LogP contribution in [0.15, 0.2) is 48.6 Å². The average Bonchev–Trinajstić information content (AvgIpc) is 2.22. The lowest BCUT2D eigenvalue weighted by atomic mass is 10.1. The van der Waals surface area contributed by atoms with Gasteiger partial charge in [-0.3, -0.25) is 0 Å². The summed E-state index contributed by atoms with van der Waals surface area (Å²) in [6.45, 7) is 0. The molecule has 1 rings (SSSR count). The molecule has 0 fully saturated rings. The molecule has 0 unspecified atom stereocenters. The largest absolute Gasteiger partial charge is 0.0882 e. The van der Waals surface area contributed by atoms with Crippen molar-refractivity contribution in [3.05, 3.63) is 48.6 Å². The van der Waals surface area contributed by atoms with E-state index in [4.69, 9.17) is 0 Å². The molecule has 76 valence electrons. The minimum atomic E-state index is 1.07. The molecule has 0 heterocycles. The molecule has 14 heavy (non-hydrogen) atoms. The predicted octanol–water partition coefficient (Wildman–Crippen LogP) is 4.57. The van der Waals surface area contributed by atoms with E-state index in [0.717, 1.165) is 12.8 Å². The molecule has 0 saturated heterocycles. The van der Waals surface area contributed by atoms with Gasteiger partial charge in [0.15, 0.2) is 0 Å². The summed E-state index contributed by atoms with van der Waals surface area (Å²) in [6, 6.07) is 0. The van der Waals surface area contributed by atoms with E-state index in [1.807, 2.05) is 0 Å². The summed E-state index contributed by atoms with van der Waals surface area (Å²) in [5.74, 6) is 0. The number of rotatable bonds is 0. The second-order valence-corrected chi connectivity index (χ2v) is 3.55. The molecular formula is C14H20. The van der Waals surface area contributed by atoms with Crippen molar-refractivity contribution in [1.82, 2.24) is 0 Å². The first kappa shape index (κ1) is 11.0. The van der Waals surface area contributed by atoms with Crippen LogP contribution in [0.3, 0.4) is 0 Å². The highest BCUT2D eigenvalue weighted by atomic mass is 13.9. The molecule has 0 nitrogen and oxygen atoms in total. The maximum atomic E-state index is 2.30. The Hall–Kier alpha value is -1.04. The molecule has 0 atom stereocenters. The lowest BCUT2D eigenvalue weighted by Gasteiger charge is -1.93. The molecule has 0 aromatic rings. The quantitative estimate of drug-likeness (QED) is 0.489. The summed E-state index contributed by atoms with van der Waals surface area (Å²) in [7, 11) is 0. The Morgan fingerprint density at radius 1 is 0.500 bits per heavy atom. The van der Waals surface area contributed by atoms with Crippen molar-refractivity contribution in [2.24, 2.45) is 0 Å². The average molecular weight is 188 g/mol. The lowest BCUT2D eigenvalue weighted by Crippen LogP contribution is -1.73. The van der Waals surface area contributed by atoms with E-state index in [1.165, 1.54) is 25.7 Å². The van der Waals surface area contributed by atoms with Gasteiger partial charge in [0.25, 0.3) is 0 Å². The second-order valence-electron chi connectivity index (χ2n) is 3.55. The maximum Gasteiger partial charge on any atom is -0.0166 e. The third-order valence-electron chi connectivity index (χ3n) is 2.25. The van der Waals surface area contributed by atoms with Gasteiger partial charge in [-0.1, -0.05) is 48.6 Å². The fourth-order valence-corrected chi connectivity index (χ4v) is 1.42. The third kappa shape index (κ3) is 6.47. The van der Waals surface area contributed by atoms with E-state index < -0.39 is 0 Å². The first-order chi connectivity index (χ1) is 7.00. The topological polar surface area (TPSA) is 0 Å². The standard InChI is InChI=1S/C14H20/c1-2-4-6-8-10-12-14-13-11-9-7-5-3-1/h1-4,7-10H,5-6,11-14H2/b3-1-,4-2+,9-7-,10-8?. The Morgan fingerprint density at radius 2 is 1.00 bits per heavy atom. The van der Waals surface area contributed by atoms with Gasteiger partial charge in [-0.05, 0) is 38.5 Å². The Labute approximate surface area is 87.7 Å². The minimum absolute atomic E-state index is 1.07. The van der Waals surface area contributed by atoms with Crippen molar-refractivity contribution in [3.63, 3.8) is 0 Å². The summed E-state index contributed by atoms with van der Waals surface area (Å²) in [4.78, 5) is 0. The van der Waals surface area contributed by atoms with E-state index in [2.05, 4.69) is 48.6 Å². The number of allylic oxidation sites excluding steroid dienone is 8. The fraction of sp³-hybridized carbons (Fsp3) is 0.429. The van der Waals surface area contributed by atoms with E-state index in [0.29, 0.717) is 0 Å². The molecule has 0 aromatic carbocycles. The number of hydrogen-bond acceptors (Lipinski definition) is 0. The van der Waals surface area contributed by atoms with Crippen LogP contribution in [0, 0.1) is 0 Å². The molecule has 0 N–H and O–H groups in total. The van der Waals surface area contributed by atoms with Crippen LogP contribution in [0.1, 0.15) is 38.5 Å². The number of hydrogen-bond donors (Lipinski definition) is 0. The highest BCUT2D eigenvalue weighted by Crippen LogP contribution is 2.03. The van der Waals surface area contributed by atoms with Gasteiger partial charge >= 0.3 is 0 Å². The van der Waals surface area contributed by atoms with Crippen molar-refractivity contribution < 1.29 is 0 Å². The molecule has 0 bridgehead atoms. The SMILES string of the molecule is C1=CCCCC/C=C\C/C=C\C=C\C1. The zero-order valence-corrected chi connectivity index (χ0v) is 8.86. The molecule has 0 spiro atoms. The molecule has 0 aromatic heterocycles. The maximum absolute atomic E-state index is 2.30. The second kappa shape index (κ2) is 8.55.